The van der Waals surface area contributed by atoms with Gasteiger partial charge in [0, 0.05) is 38.7 Å². The van der Waals surface area contributed by atoms with Crippen LogP contribution in [0.25, 0.3) is 0 Å². The van der Waals surface area contributed by atoms with Crippen LogP contribution < -0.4 is 9.64 Å². The number of hydrogen-bond acceptors (Lipinski definition) is 11. The molecule has 0 spiro atoms. The third kappa shape index (κ3) is 9.77. The molecule has 14 heteroatoms. The predicted molar refractivity (Wildman–Crippen MR) is 162 cm³/mol. The summed E-state index contributed by atoms with van der Waals surface area (Å²) >= 11 is 5.87. The van der Waals surface area contributed by atoms with Crippen LogP contribution in [0.1, 0.15) is 44.1 Å². The van der Waals surface area contributed by atoms with Gasteiger partial charge in [-0.1, -0.05) is 17.7 Å². The highest BCUT2D eigenvalue weighted by molar-refractivity contribution is 6.30. The van der Waals surface area contributed by atoms with E-state index in [4.69, 9.17) is 21.4 Å². The fourth-order valence-corrected chi connectivity index (χ4v) is 5.70. The summed E-state index contributed by atoms with van der Waals surface area (Å²) in [5, 5.41) is 48.3. The summed E-state index contributed by atoms with van der Waals surface area (Å²) in [6.07, 6.45) is 0.146. The van der Waals surface area contributed by atoms with Crippen LogP contribution >= 0.6 is 11.6 Å². The number of carbonyl (C=O) groups excluding carboxylic acids is 2. The van der Waals surface area contributed by atoms with Gasteiger partial charge < -0.3 is 40.1 Å². The minimum absolute atomic E-state index is 0.0953. The van der Waals surface area contributed by atoms with Gasteiger partial charge in [0.15, 0.2) is 0 Å². The minimum atomic E-state index is -1.75. The molecule has 4 rings (SSSR count). The van der Waals surface area contributed by atoms with Crippen molar-refractivity contribution < 1.29 is 44.2 Å². The number of halogens is 2. The van der Waals surface area contributed by atoms with E-state index in [2.05, 4.69) is 14.9 Å². The molecule has 2 aliphatic heterocycles. The Morgan fingerprint density at radius 1 is 1.04 bits per heavy atom. The van der Waals surface area contributed by atoms with Crippen molar-refractivity contribution in [2.75, 3.05) is 44.3 Å². The number of ether oxygens (including phenoxy) is 1. The average molecular weight is 653 g/mol. The maximum Gasteiger partial charge on any atom is 0.227 e. The molecular formula is C31H42ClFN4O8. The van der Waals surface area contributed by atoms with Crippen LogP contribution in [-0.4, -0.2) is 116 Å². The number of likely N-dealkylation sites (tertiary alicyclic amines) is 1. The summed E-state index contributed by atoms with van der Waals surface area (Å²) in [6, 6.07) is 4.47. The molecule has 12 nitrogen and oxygen atoms in total. The number of hydrogen-bond donors (Lipinski definition) is 5. The Morgan fingerprint density at radius 2 is 1.71 bits per heavy atom. The Morgan fingerprint density at radius 3 is 2.36 bits per heavy atom. The summed E-state index contributed by atoms with van der Waals surface area (Å²) < 4.78 is 20.5. The predicted octanol–water partition coefficient (Wildman–Crippen LogP) is 1.13. The van der Waals surface area contributed by atoms with Crippen LogP contribution in [0, 0.1) is 17.7 Å². The number of rotatable bonds is 16. The van der Waals surface area contributed by atoms with Crippen molar-refractivity contribution in [1.29, 1.82) is 0 Å². The van der Waals surface area contributed by atoms with Crippen LogP contribution in [0.2, 0.25) is 5.02 Å². The topological polar surface area (TPSA) is 177 Å². The second-order valence-electron chi connectivity index (χ2n) is 11.9. The number of benzene rings is 1. The van der Waals surface area contributed by atoms with Crippen molar-refractivity contribution in [2.24, 2.45) is 11.8 Å². The minimum Gasteiger partial charge on any atom is -0.493 e. The third-order valence-electron chi connectivity index (χ3n) is 8.60. The molecule has 3 heterocycles. The van der Waals surface area contributed by atoms with Crippen molar-refractivity contribution in [1.82, 2.24) is 14.9 Å². The van der Waals surface area contributed by atoms with Crippen LogP contribution in [0.3, 0.4) is 0 Å². The number of piperidine rings is 1. The molecule has 5 N–H and O–H groups in total. The number of aliphatic hydroxyl groups excluding tert-OH is 5. The zero-order chi connectivity index (χ0) is 32.5. The first kappa shape index (κ1) is 34.9. The van der Waals surface area contributed by atoms with Gasteiger partial charge in [-0.05, 0) is 49.7 Å². The SMILES string of the molecule is O=C(CC[C@H](O)[C@@H](O)[C@H](O)[C@H](O)CO)C1CN(C(=O)Cc2ccc(OCCCC3CCN(c4ncc(Cl)cn4)CC3)cc2F)C1. The molecule has 1 aromatic carbocycles. The molecule has 0 aliphatic carbocycles. The van der Waals surface area contributed by atoms with E-state index in [-0.39, 0.29) is 49.6 Å². The normalized spacial score (nSPS) is 18.6. The summed E-state index contributed by atoms with van der Waals surface area (Å²) in [5.41, 5.74) is 0.235. The highest BCUT2D eigenvalue weighted by Crippen LogP contribution is 2.26. The molecule has 0 saturated carbocycles. The molecule has 1 aromatic heterocycles. The zero-order valence-corrected chi connectivity index (χ0v) is 25.8. The van der Waals surface area contributed by atoms with Crippen LogP contribution in [-0.2, 0) is 16.0 Å². The van der Waals surface area contributed by atoms with Gasteiger partial charge in [-0.15, -0.1) is 0 Å². The van der Waals surface area contributed by atoms with Gasteiger partial charge in [-0.25, -0.2) is 14.4 Å². The molecule has 2 aromatic rings. The lowest BCUT2D eigenvalue weighted by molar-refractivity contribution is -0.142. The van der Waals surface area contributed by atoms with E-state index in [1.165, 1.54) is 17.0 Å². The van der Waals surface area contributed by atoms with E-state index >= 15 is 0 Å². The first-order valence-electron chi connectivity index (χ1n) is 15.3. The number of Topliss-reactive ketones (excluding diaryl/α,β-unsaturated/α-hetero) is 1. The molecule has 2 aliphatic rings. The van der Waals surface area contributed by atoms with E-state index in [0.717, 1.165) is 38.8 Å². The molecule has 45 heavy (non-hydrogen) atoms. The number of ketones is 1. The van der Waals surface area contributed by atoms with Crippen molar-refractivity contribution in [3.8, 4) is 5.75 Å². The Bertz CT molecular complexity index is 1260. The highest BCUT2D eigenvalue weighted by atomic mass is 35.5. The lowest BCUT2D eigenvalue weighted by Gasteiger charge is -2.38. The summed E-state index contributed by atoms with van der Waals surface area (Å²) in [5.74, 6) is 0.178. The van der Waals surface area contributed by atoms with Gasteiger partial charge in [0.05, 0.1) is 49.1 Å². The molecule has 248 valence electrons. The van der Waals surface area contributed by atoms with Gasteiger partial charge in [0.2, 0.25) is 11.9 Å². The van der Waals surface area contributed by atoms with Crippen molar-refractivity contribution >= 4 is 29.2 Å². The fraction of sp³-hybridized carbons (Fsp3) is 0.613. The van der Waals surface area contributed by atoms with Gasteiger partial charge in [0.1, 0.15) is 35.7 Å². The number of nitrogens with zero attached hydrogens (tertiary/aromatic N) is 4. The maximum absolute atomic E-state index is 14.8. The number of carbonyl (C=O) groups is 2. The average Bonchev–Trinajstić information content (AvgIpc) is 3.02. The standard InChI is InChI=1S/C31H42ClFN4O8/c32-22-14-34-31(35-15-22)36-9-7-19(8-10-36)2-1-11-45-23-4-3-20(24(33)13-23)12-28(42)37-16-21(17-37)25(39)5-6-26(40)29(43)30(44)27(41)18-38/h3-4,13-15,19,21,26-27,29-30,38,40-41,43-44H,1-2,5-12,16-18H2/t26-,27+,29+,30+/m0/s1. The van der Waals surface area contributed by atoms with Crippen molar-refractivity contribution in [3.63, 3.8) is 0 Å². The highest BCUT2D eigenvalue weighted by Gasteiger charge is 2.36. The Hall–Kier alpha value is -2.94. The summed E-state index contributed by atoms with van der Waals surface area (Å²) in [7, 11) is 0. The molecule has 1 amide bonds. The first-order valence-corrected chi connectivity index (χ1v) is 15.7. The van der Waals surface area contributed by atoms with Crippen LogP contribution in [0.15, 0.2) is 30.6 Å². The molecular weight excluding hydrogens is 611 g/mol. The third-order valence-corrected chi connectivity index (χ3v) is 8.79. The van der Waals surface area contributed by atoms with E-state index in [1.54, 1.807) is 18.5 Å². The Kier molecular flexibility index (Phi) is 12.9. The molecule has 0 bridgehead atoms. The van der Waals surface area contributed by atoms with E-state index in [1.807, 2.05) is 0 Å². The molecule has 4 atom stereocenters. The second-order valence-corrected chi connectivity index (χ2v) is 12.3. The number of aliphatic hydroxyl groups is 5. The Balaban J connectivity index is 1.10. The van der Waals surface area contributed by atoms with Gasteiger partial charge in [0.25, 0.3) is 0 Å². The number of amides is 1. The van der Waals surface area contributed by atoms with Gasteiger partial charge in [-0.2, -0.15) is 0 Å². The fourth-order valence-electron chi connectivity index (χ4n) is 5.60. The smallest absolute Gasteiger partial charge is 0.227 e. The molecule has 2 saturated heterocycles. The van der Waals surface area contributed by atoms with Crippen LogP contribution in [0.4, 0.5) is 10.3 Å². The largest absolute Gasteiger partial charge is 0.493 e. The quantitative estimate of drug-likeness (QED) is 0.164. The van der Waals surface area contributed by atoms with E-state index in [9.17, 15) is 34.4 Å². The van der Waals surface area contributed by atoms with Gasteiger partial charge >= 0.3 is 0 Å². The van der Waals surface area contributed by atoms with E-state index in [0.29, 0.717) is 29.2 Å². The van der Waals surface area contributed by atoms with Crippen molar-refractivity contribution in [3.05, 3.63) is 47.0 Å². The Labute approximate surface area is 266 Å². The van der Waals surface area contributed by atoms with Crippen molar-refractivity contribution in [2.45, 2.75) is 69.4 Å². The first-order chi connectivity index (χ1) is 21.5. The summed E-state index contributed by atoms with van der Waals surface area (Å²) in [6.45, 7) is 1.79. The van der Waals surface area contributed by atoms with Crippen LogP contribution in [0.5, 0.6) is 5.75 Å². The zero-order valence-electron chi connectivity index (χ0n) is 25.0. The van der Waals surface area contributed by atoms with E-state index < -0.39 is 42.8 Å². The molecule has 0 unspecified atom stereocenters. The lowest BCUT2D eigenvalue weighted by atomic mass is 9.90. The summed E-state index contributed by atoms with van der Waals surface area (Å²) in [4.78, 5) is 37.3. The number of aromatic nitrogens is 2. The van der Waals surface area contributed by atoms with Gasteiger partial charge in [-0.3, -0.25) is 9.59 Å². The monoisotopic (exact) mass is 652 g/mol. The molecule has 2 fully saturated rings. The molecule has 0 radical (unpaired) electrons. The lowest BCUT2D eigenvalue weighted by Crippen LogP contribution is -2.53. The second kappa shape index (κ2) is 16.6. The number of anilines is 1. The maximum atomic E-state index is 14.8.